The van der Waals surface area contributed by atoms with E-state index in [1.54, 1.807) is 24.3 Å². The lowest BCUT2D eigenvalue weighted by atomic mass is 9.74. The van der Waals surface area contributed by atoms with E-state index in [1.165, 1.54) is 10.4 Å². The summed E-state index contributed by atoms with van der Waals surface area (Å²) < 4.78 is 47.0. The van der Waals surface area contributed by atoms with Crippen LogP contribution < -0.4 is 5.32 Å². The summed E-state index contributed by atoms with van der Waals surface area (Å²) in [6.07, 6.45) is 2.38. The van der Waals surface area contributed by atoms with Gasteiger partial charge in [-0.3, -0.25) is 4.79 Å². The zero-order chi connectivity index (χ0) is 24.3. The van der Waals surface area contributed by atoms with Gasteiger partial charge >= 0.3 is 0 Å². The third-order valence-electron chi connectivity index (χ3n) is 7.43. The molecule has 0 atom stereocenters. The van der Waals surface area contributed by atoms with Crippen molar-refractivity contribution >= 4 is 15.9 Å². The van der Waals surface area contributed by atoms with Crippen LogP contribution in [0.5, 0.6) is 0 Å². The van der Waals surface area contributed by atoms with Crippen LogP contribution in [0, 0.1) is 25.6 Å². The van der Waals surface area contributed by atoms with Crippen LogP contribution in [0.1, 0.15) is 42.4 Å². The fourth-order valence-electron chi connectivity index (χ4n) is 4.93. The molecule has 0 bridgehead atoms. The summed E-state index contributed by atoms with van der Waals surface area (Å²) in [5, 5.41) is 3.09. The second-order valence-corrected chi connectivity index (χ2v) is 11.5. The summed E-state index contributed by atoms with van der Waals surface area (Å²) in [6, 6.07) is 11.8. The van der Waals surface area contributed by atoms with Gasteiger partial charge in [0.2, 0.25) is 15.9 Å². The van der Waals surface area contributed by atoms with Crippen LogP contribution in [-0.4, -0.2) is 51.5 Å². The van der Waals surface area contributed by atoms with Crippen molar-refractivity contribution in [3.63, 3.8) is 0 Å². The predicted octanol–water partition coefficient (Wildman–Crippen LogP) is 3.71. The first-order valence-corrected chi connectivity index (χ1v) is 13.3. The van der Waals surface area contributed by atoms with Gasteiger partial charge in [0.1, 0.15) is 5.82 Å². The van der Waals surface area contributed by atoms with Gasteiger partial charge in [-0.1, -0.05) is 18.2 Å². The van der Waals surface area contributed by atoms with E-state index in [2.05, 4.69) is 5.32 Å². The first-order chi connectivity index (χ1) is 16.2. The molecule has 2 fully saturated rings. The number of carbonyl (C=O) groups is 1. The number of ether oxygens (including phenoxy) is 1. The minimum atomic E-state index is -3.58. The van der Waals surface area contributed by atoms with Gasteiger partial charge in [-0.15, -0.1) is 0 Å². The highest BCUT2D eigenvalue weighted by molar-refractivity contribution is 7.89. The van der Waals surface area contributed by atoms with E-state index in [4.69, 9.17) is 4.74 Å². The third-order valence-corrected chi connectivity index (χ3v) is 9.32. The van der Waals surface area contributed by atoms with Crippen LogP contribution in [0.25, 0.3) is 0 Å². The molecule has 0 saturated carbocycles. The van der Waals surface area contributed by atoms with Crippen molar-refractivity contribution in [2.24, 2.45) is 5.92 Å². The van der Waals surface area contributed by atoms with E-state index in [9.17, 15) is 17.6 Å². The van der Waals surface area contributed by atoms with Gasteiger partial charge < -0.3 is 10.1 Å². The maximum absolute atomic E-state index is 13.9. The van der Waals surface area contributed by atoms with Crippen LogP contribution in [0.3, 0.4) is 0 Å². The molecule has 8 heteroatoms. The maximum atomic E-state index is 13.9. The van der Waals surface area contributed by atoms with Crippen LogP contribution in [0.15, 0.2) is 47.4 Å². The van der Waals surface area contributed by atoms with E-state index < -0.39 is 10.0 Å². The third kappa shape index (κ3) is 5.19. The summed E-state index contributed by atoms with van der Waals surface area (Å²) in [4.78, 5) is 13.3. The van der Waals surface area contributed by atoms with Crippen molar-refractivity contribution in [3.05, 3.63) is 65.0 Å². The zero-order valence-electron chi connectivity index (χ0n) is 19.8. The Bertz CT molecular complexity index is 1140. The summed E-state index contributed by atoms with van der Waals surface area (Å²) in [5.41, 5.74) is 2.51. The average molecular weight is 489 g/mol. The van der Waals surface area contributed by atoms with Crippen LogP contribution in [0.2, 0.25) is 0 Å². The van der Waals surface area contributed by atoms with Gasteiger partial charge in [0, 0.05) is 44.2 Å². The minimum absolute atomic E-state index is 0.0644. The molecule has 4 rings (SSSR count). The number of amides is 1. The van der Waals surface area contributed by atoms with Gasteiger partial charge in [0.15, 0.2) is 0 Å². The number of halogens is 1. The molecule has 2 saturated heterocycles. The molecule has 1 N–H and O–H groups in total. The highest BCUT2D eigenvalue weighted by Gasteiger charge is 2.37. The van der Waals surface area contributed by atoms with E-state index in [-0.39, 0.29) is 23.1 Å². The number of piperidine rings is 1. The first kappa shape index (κ1) is 24.8. The van der Waals surface area contributed by atoms with Crippen LogP contribution in [0.4, 0.5) is 4.39 Å². The van der Waals surface area contributed by atoms with Gasteiger partial charge in [0.05, 0.1) is 4.90 Å². The monoisotopic (exact) mass is 488 g/mol. The van der Waals surface area contributed by atoms with Gasteiger partial charge in [-0.2, -0.15) is 4.31 Å². The van der Waals surface area contributed by atoms with Crippen LogP contribution in [-0.2, 0) is 25.0 Å². The SMILES string of the molecule is Cc1ccc(S(=O)(=O)N2CCC(C(=O)NCC3(c4cccc(F)c4)CCOCC3)CC2)cc1C. The quantitative estimate of drug-likeness (QED) is 0.673. The lowest BCUT2D eigenvalue weighted by molar-refractivity contribution is -0.126. The summed E-state index contributed by atoms with van der Waals surface area (Å²) in [7, 11) is -3.58. The van der Waals surface area contributed by atoms with Crippen molar-refractivity contribution in [2.45, 2.75) is 49.8 Å². The number of hydrogen-bond acceptors (Lipinski definition) is 4. The topological polar surface area (TPSA) is 75.7 Å². The highest BCUT2D eigenvalue weighted by Crippen LogP contribution is 2.35. The fourth-order valence-corrected chi connectivity index (χ4v) is 6.49. The lowest BCUT2D eigenvalue weighted by Gasteiger charge is -2.38. The number of aryl methyl sites for hydroxylation is 2. The Morgan fingerprint density at radius 2 is 1.79 bits per heavy atom. The minimum Gasteiger partial charge on any atom is -0.381 e. The van der Waals surface area contributed by atoms with Crippen molar-refractivity contribution < 1.29 is 22.3 Å². The molecule has 0 spiro atoms. The van der Waals surface area contributed by atoms with E-state index in [1.807, 2.05) is 26.0 Å². The number of benzene rings is 2. The molecule has 0 aliphatic carbocycles. The number of rotatable bonds is 6. The maximum Gasteiger partial charge on any atom is 0.243 e. The standard InChI is InChI=1S/C26H33FN2O4S/c1-19-6-7-24(16-20(19)2)34(31,32)29-12-8-21(9-13-29)25(30)28-18-26(10-14-33-15-11-26)22-4-3-5-23(27)17-22/h3-7,16-17,21H,8-15,18H2,1-2H3,(H,28,30). The Hall–Kier alpha value is -2.29. The summed E-state index contributed by atoms with van der Waals surface area (Å²) >= 11 is 0. The van der Waals surface area contributed by atoms with Gasteiger partial charge in [-0.05, 0) is 80.5 Å². The molecule has 2 aromatic carbocycles. The molecule has 34 heavy (non-hydrogen) atoms. The second-order valence-electron chi connectivity index (χ2n) is 9.55. The molecule has 2 heterocycles. The van der Waals surface area contributed by atoms with Gasteiger partial charge in [0.25, 0.3) is 0 Å². The highest BCUT2D eigenvalue weighted by atomic mass is 32.2. The summed E-state index contributed by atoms with van der Waals surface area (Å²) in [5.74, 6) is -0.590. The van der Waals surface area contributed by atoms with E-state index >= 15 is 0 Å². The lowest BCUT2D eigenvalue weighted by Crippen LogP contribution is -2.48. The van der Waals surface area contributed by atoms with E-state index in [0.29, 0.717) is 63.4 Å². The first-order valence-electron chi connectivity index (χ1n) is 11.9. The fraction of sp³-hybridized carbons (Fsp3) is 0.500. The van der Waals surface area contributed by atoms with Crippen molar-refractivity contribution in [1.29, 1.82) is 0 Å². The Kier molecular flexibility index (Phi) is 7.40. The van der Waals surface area contributed by atoms with Crippen LogP contribution >= 0.6 is 0 Å². The Labute approximate surface area is 201 Å². The molecule has 184 valence electrons. The smallest absolute Gasteiger partial charge is 0.243 e. The molecule has 2 aliphatic rings. The number of hydrogen-bond donors (Lipinski definition) is 1. The molecule has 0 aromatic heterocycles. The number of nitrogens with one attached hydrogen (secondary N) is 1. The Morgan fingerprint density at radius 1 is 1.09 bits per heavy atom. The molecule has 6 nitrogen and oxygen atoms in total. The molecule has 1 amide bonds. The average Bonchev–Trinajstić information content (AvgIpc) is 2.85. The predicted molar refractivity (Wildman–Crippen MR) is 129 cm³/mol. The van der Waals surface area contributed by atoms with Crippen molar-refractivity contribution in [2.75, 3.05) is 32.8 Å². The number of carbonyl (C=O) groups excluding carboxylic acids is 1. The van der Waals surface area contributed by atoms with E-state index in [0.717, 1.165) is 16.7 Å². The molecule has 2 aliphatic heterocycles. The molecule has 2 aromatic rings. The summed E-state index contributed by atoms with van der Waals surface area (Å²) in [6.45, 7) is 6.04. The molecular weight excluding hydrogens is 455 g/mol. The largest absolute Gasteiger partial charge is 0.381 e. The number of sulfonamides is 1. The van der Waals surface area contributed by atoms with Crippen molar-refractivity contribution in [3.8, 4) is 0 Å². The molecule has 0 radical (unpaired) electrons. The van der Waals surface area contributed by atoms with Crippen molar-refractivity contribution in [1.82, 2.24) is 9.62 Å². The molecule has 0 unspecified atom stereocenters. The molecular formula is C26H33FN2O4S. The van der Waals surface area contributed by atoms with Gasteiger partial charge in [-0.25, -0.2) is 12.8 Å². The Morgan fingerprint density at radius 3 is 2.44 bits per heavy atom. The zero-order valence-corrected chi connectivity index (χ0v) is 20.7. The number of nitrogens with zero attached hydrogens (tertiary/aromatic N) is 1. The second kappa shape index (κ2) is 10.1. The normalized spacial score (nSPS) is 19.6. The Balaban J connectivity index is 1.38.